The molecule has 1 aromatic rings. The van der Waals surface area contributed by atoms with Gasteiger partial charge in [0.25, 0.3) is 0 Å². The molecule has 0 radical (unpaired) electrons. The molecule has 0 atom stereocenters. The molecular weight excluding hydrogens is 189 g/mol. The van der Waals surface area contributed by atoms with Crippen LogP contribution in [0.4, 0.5) is 4.39 Å². The van der Waals surface area contributed by atoms with Crippen LogP contribution in [0, 0.1) is 6.92 Å². The fourth-order valence-electron chi connectivity index (χ4n) is 1.04. The Bertz CT molecular complexity index is 371. The summed E-state index contributed by atoms with van der Waals surface area (Å²) in [5.41, 5.74) is 1.31. The third kappa shape index (κ3) is 1.95. The Labute approximate surface area is 81.6 Å². The zero-order valence-corrected chi connectivity index (χ0v) is 8.03. The van der Waals surface area contributed by atoms with Crippen molar-refractivity contribution >= 4 is 23.5 Å². The van der Waals surface area contributed by atoms with Crippen LogP contribution in [-0.4, -0.2) is 4.98 Å². The first-order valence-corrected chi connectivity index (χ1v) is 4.08. The monoisotopic (exact) mass is 197 g/mol. The van der Waals surface area contributed by atoms with Gasteiger partial charge >= 0.3 is 0 Å². The number of halogens is 2. The van der Waals surface area contributed by atoms with E-state index in [2.05, 4.69) is 18.1 Å². The highest BCUT2D eigenvalue weighted by atomic mass is 35.5. The maximum absolute atomic E-state index is 12.9. The van der Waals surface area contributed by atoms with Gasteiger partial charge in [-0.2, -0.15) is 0 Å². The van der Waals surface area contributed by atoms with Crippen LogP contribution in [0.25, 0.3) is 11.9 Å². The van der Waals surface area contributed by atoms with Gasteiger partial charge in [-0.25, -0.2) is 9.37 Å². The van der Waals surface area contributed by atoms with Gasteiger partial charge in [0.1, 0.15) is 11.5 Å². The molecule has 0 unspecified atom stereocenters. The van der Waals surface area contributed by atoms with Crippen LogP contribution in [-0.2, 0) is 0 Å². The summed E-state index contributed by atoms with van der Waals surface area (Å²) in [6.07, 6.45) is 1.47. The van der Waals surface area contributed by atoms with Gasteiger partial charge in [-0.15, -0.1) is 0 Å². The molecule has 0 spiro atoms. The van der Waals surface area contributed by atoms with Crippen LogP contribution in [0.3, 0.4) is 0 Å². The van der Waals surface area contributed by atoms with E-state index in [1.165, 1.54) is 6.08 Å². The third-order valence-corrected chi connectivity index (χ3v) is 1.91. The summed E-state index contributed by atoms with van der Waals surface area (Å²) in [7, 11) is 0. The van der Waals surface area contributed by atoms with Crippen LogP contribution >= 0.6 is 11.6 Å². The Morgan fingerprint density at radius 1 is 1.69 bits per heavy atom. The molecule has 3 heteroatoms. The molecule has 0 aliphatic heterocycles. The standard InChI is InChI=1S/C10H9ClFN/c1-4-8-9(11)5-6(2)13-10(8)7(3)12/h4-5H,1,3H2,2H3. The Kier molecular flexibility index (Phi) is 2.83. The van der Waals surface area contributed by atoms with Gasteiger partial charge in [-0.05, 0) is 13.0 Å². The molecule has 0 bridgehead atoms. The number of pyridine rings is 1. The summed E-state index contributed by atoms with van der Waals surface area (Å²) < 4.78 is 12.9. The van der Waals surface area contributed by atoms with Crippen LogP contribution in [0.5, 0.6) is 0 Å². The van der Waals surface area contributed by atoms with Crippen LogP contribution in [0.15, 0.2) is 19.2 Å². The van der Waals surface area contributed by atoms with Crippen molar-refractivity contribution in [2.75, 3.05) is 0 Å². The zero-order chi connectivity index (χ0) is 10.0. The number of aromatic nitrogens is 1. The van der Waals surface area contributed by atoms with E-state index < -0.39 is 5.83 Å². The Hall–Kier alpha value is -1.15. The highest BCUT2D eigenvalue weighted by Gasteiger charge is 2.09. The van der Waals surface area contributed by atoms with Crippen molar-refractivity contribution in [1.82, 2.24) is 4.98 Å². The van der Waals surface area contributed by atoms with E-state index in [-0.39, 0.29) is 5.69 Å². The van der Waals surface area contributed by atoms with Crippen molar-refractivity contribution in [2.24, 2.45) is 0 Å². The molecule has 1 nitrogen and oxygen atoms in total. The summed E-state index contributed by atoms with van der Waals surface area (Å²) in [5, 5.41) is 0.441. The van der Waals surface area contributed by atoms with Crippen molar-refractivity contribution in [1.29, 1.82) is 0 Å². The summed E-state index contributed by atoms with van der Waals surface area (Å²) >= 11 is 5.86. The third-order valence-electron chi connectivity index (χ3n) is 1.60. The first-order valence-electron chi connectivity index (χ1n) is 3.70. The second-order valence-electron chi connectivity index (χ2n) is 2.62. The largest absolute Gasteiger partial charge is 0.250 e. The molecule has 0 aliphatic rings. The van der Waals surface area contributed by atoms with E-state index in [1.807, 2.05) is 0 Å². The predicted molar refractivity (Wildman–Crippen MR) is 54.2 cm³/mol. The van der Waals surface area contributed by atoms with Crippen molar-refractivity contribution in [2.45, 2.75) is 6.92 Å². The quantitative estimate of drug-likeness (QED) is 0.706. The van der Waals surface area contributed by atoms with E-state index in [4.69, 9.17) is 11.6 Å². The minimum Gasteiger partial charge on any atom is -0.250 e. The Balaban J connectivity index is 3.46. The first kappa shape index (κ1) is 9.93. The van der Waals surface area contributed by atoms with Gasteiger partial charge in [-0.1, -0.05) is 30.8 Å². The van der Waals surface area contributed by atoms with E-state index in [1.54, 1.807) is 13.0 Å². The van der Waals surface area contributed by atoms with Gasteiger partial charge in [0.2, 0.25) is 0 Å². The molecule has 13 heavy (non-hydrogen) atoms. The Morgan fingerprint density at radius 3 is 2.77 bits per heavy atom. The summed E-state index contributed by atoms with van der Waals surface area (Å²) in [6.45, 7) is 8.45. The minimum atomic E-state index is -0.597. The average molecular weight is 198 g/mol. The highest BCUT2D eigenvalue weighted by Crippen LogP contribution is 2.25. The summed E-state index contributed by atoms with van der Waals surface area (Å²) in [6, 6.07) is 1.66. The molecule has 1 rings (SSSR count). The molecule has 1 heterocycles. The van der Waals surface area contributed by atoms with E-state index >= 15 is 0 Å². The van der Waals surface area contributed by atoms with E-state index in [9.17, 15) is 4.39 Å². The maximum Gasteiger partial charge on any atom is 0.142 e. The lowest BCUT2D eigenvalue weighted by Crippen LogP contribution is -1.93. The van der Waals surface area contributed by atoms with Crippen molar-refractivity contribution in [3.63, 3.8) is 0 Å². The normalized spacial score (nSPS) is 9.77. The van der Waals surface area contributed by atoms with Gasteiger partial charge in [0.15, 0.2) is 0 Å². The lowest BCUT2D eigenvalue weighted by molar-refractivity contribution is 0.754. The smallest absolute Gasteiger partial charge is 0.142 e. The molecule has 0 saturated carbocycles. The summed E-state index contributed by atoms with van der Waals surface area (Å²) in [4.78, 5) is 3.97. The fourth-order valence-corrected chi connectivity index (χ4v) is 1.37. The van der Waals surface area contributed by atoms with Crippen molar-refractivity contribution in [3.8, 4) is 0 Å². The molecule has 0 aliphatic carbocycles. The maximum atomic E-state index is 12.9. The number of hydrogen-bond donors (Lipinski definition) is 0. The van der Waals surface area contributed by atoms with Crippen LogP contribution in [0.2, 0.25) is 5.02 Å². The molecule has 0 aromatic carbocycles. The molecule has 68 valence electrons. The van der Waals surface area contributed by atoms with Gasteiger partial charge < -0.3 is 0 Å². The van der Waals surface area contributed by atoms with Crippen LogP contribution < -0.4 is 0 Å². The second kappa shape index (κ2) is 3.71. The number of nitrogens with zero attached hydrogens (tertiary/aromatic N) is 1. The lowest BCUT2D eigenvalue weighted by atomic mass is 10.1. The topological polar surface area (TPSA) is 12.9 Å². The molecular formula is C10H9ClFN. The minimum absolute atomic E-state index is 0.167. The molecule has 0 amide bonds. The molecule has 0 saturated heterocycles. The van der Waals surface area contributed by atoms with Gasteiger partial charge in [-0.3, -0.25) is 0 Å². The lowest BCUT2D eigenvalue weighted by Gasteiger charge is -2.05. The van der Waals surface area contributed by atoms with Crippen molar-refractivity contribution < 1.29 is 4.39 Å². The fraction of sp³-hybridized carbons (Fsp3) is 0.100. The highest BCUT2D eigenvalue weighted by molar-refractivity contribution is 6.32. The van der Waals surface area contributed by atoms with Crippen LogP contribution in [0.1, 0.15) is 17.0 Å². The van der Waals surface area contributed by atoms with E-state index in [0.717, 1.165) is 0 Å². The first-order chi connectivity index (χ1) is 6.06. The number of hydrogen-bond acceptors (Lipinski definition) is 1. The van der Waals surface area contributed by atoms with Gasteiger partial charge in [0.05, 0.1) is 5.02 Å². The molecule has 1 aromatic heterocycles. The zero-order valence-electron chi connectivity index (χ0n) is 7.27. The predicted octanol–water partition coefficient (Wildman–Crippen LogP) is 3.63. The molecule has 0 fully saturated rings. The number of rotatable bonds is 2. The summed E-state index contributed by atoms with van der Waals surface area (Å²) in [5.74, 6) is -0.597. The second-order valence-corrected chi connectivity index (χ2v) is 3.02. The Morgan fingerprint density at radius 2 is 2.31 bits per heavy atom. The van der Waals surface area contributed by atoms with Gasteiger partial charge in [0, 0.05) is 11.3 Å². The van der Waals surface area contributed by atoms with Crippen molar-refractivity contribution in [3.05, 3.63) is 41.2 Å². The SMILES string of the molecule is C=Cc1c(Cl)cc(C)nc1C(=C)F. The average Bonchev–Trinajstić information content (AvgIpc) is 2.02. The molecule has 0 N–H and O–H groups in total. The van der Waals surface area contributed by atoms with E-state index in [0.29, 0.717) is 16.3 Å². The number of aryl methyl sites for hydroxylation is 1.